The van der Waals surface area contributed by atoms with Gasteiger partial charge < -0.3 is 5.32 Å². The van der Waals surface area contributed by atoms with Crippen LogP contribution >= 0.6 is 23.8 Å². The van der Waals surface area contributed by atoms with E-state index in [0.29, 0.717) is 0 Å². The van der Waals surface area contributed by atoms with Crippen molar-refractivity contribution in [3.63, 3.8) is 0 Å². The summed E-state index contributed by atoms with van der Waals surface area (Å²) < 4.78 is 50.7. The van der Waals surface area contributed by atoms with Gasteiger partial charge in [0.15, 0.2) is 5.11 Å². The Bertz CT molecular complexity index is 795. The van der Waals surface area contributed by atoms with Gasteiger partial charge in [-0.3, -0.25) is 10.1 Å². The van der Waals surface area contributed by atoms with Crippen LogP contribution < -0.4 is 10.6 Å². The SMILES string of the molecule is O=C(NC(=S)Nc1ccc(C(F)(F)F)cc1Cl)c1cccc(F)c1. The number of anilines is 1. The Kier molecular flexibility index (Phi) is 5.40. The van der Waals surface area contributed by atoms with E-state index in [4.69, 9.17) is 23.8 Å². The number of thiocarbonyl (C=S) groups is 1. The zero-order valence-electron chi connectivity index (χ0n) is 11.7. The third-order valence-electron chi connectivity index (χ3n) is 2.86. The van der Waals surface area contributed by atoms with Gasteiger partial charge in [-0.2, -0.15) is 13.2 Å². The van der Waals surface area contributed by atoms with Crippen molar-refractivity contribution in [3.05, 3.63) is 64.4 Å². The molecule has 126 valence electrons. The molecule has 0 aliphatic carbocycles. The lowest BCUT2D eigenvalue weighted by Gasteiger charge is -2.13. The van der Waals surface area contributed by atoms with Gasteiger partial charge in [0.2, 0.25) is 0 Å². The lowest BCUT2D eigenvalue weighted by molar-refractivity contribution is -0.137. The van der Waals surface area contributed by atoms with Crippen molar-refractivity contribution in [1.82, 2.24) is 5.32 Å². The van der Waals surface area contributed by atoms with Crippen LogP contribution in [-0.2, 0) is 6.18 Å². The molecular weight excluding hydrogens is 368 g/mol. The van der Waals surface area contributed by atoms with Crippen LogP contribution in [0.25, 0.3) is 0 Å². The normalized spacial score (nSPS) is 11.0. The van der Waals surface area contributed by atoms with Gasteiger partial charge in [0, 0.05) is 5.56 Å². The largest absolute Gasteiger partial charge is 0.416 e. The predicted molar refractivity (Wildman–Crippen MR) is 86.5 cm³/mol. The maximum absolute atomic E-state index is 13.1. The number of rotatable bonds is 2. The Hall–Kier alpha value is -2.19. The predicted octanol–water partition coefficient (Wildman–Crippen LogP) is 4.62. The van der Waals surface area contributed by atoms with Crippen LogP contribution in [0.15, 0.2) is 42.5 Å². The summed E-state index contributed by atoms with van der Waals surface area (Å²) in [6.45, 7) is 0. The summed E-state index contributed by atoms with van der Waals surface area (Å²) in [6, 6.07) is 7.58. The standard InChI is InChI=1S/C15H9ClF4N2OS/c16-11-7-9(15(18,19)20)4-5-12(11)21-14(24)22-13(23)8-2-1-3-10(17)6-8/h1-7H,(H2,21,22,23,24). The monoisotopic (exact) mass is 376 g/mol. The van der Waals surface area contributed by atoms with Crippen LogP contribution in [0.2, 0.25) is 5.02 Å². The number of halogens is 5. The smallest absolute Gasteiger partial charge is 0.331 e. The molecule has 2 aromatic carbocycles. The number of hydrogen-bond acceptors (Lipinski definition) is 2. The summed E-state index contributed by atoms with van der Waals surface area (Å²) in [5, 5.41) is 4.38. The minimum Gasteiger partial charge on any atom is -0.331 e. The highest BCUT2D eigenvalue weighted by molar-refractivity contribution is 7.80. The molecular formula is C15H9ClF4N2OS. The number of amides is 1. The van der Waals surface area contributed by atoms with E-state index in [-0.39, 0.29) is 21.4 Å². The van der Waals surface area contributed by atoms with Crippen LogP contribution in [0.5, 0.6) is 0 Å². The molecule has 1 amide bonds. The molecule has 0 aromatic heterocycles. The number of carbonyl (C=O) groups excluding carboxylic acids is 1. The fourth-order valence-corrected chi connectivity index (χ4v) is 2.18. The van der Waals surface area contributed by atoms with E-state index in [0.717, 1.165) is 24.3 Å². The van der Waals surface area contributed by atoms with E-state index in [1.54, 1.807) is 0 Å². The molecule has 0 unspecified atom stereocenters. The maximum atomic E-state index is 13.1. The summed E-state index contributed by atoms with van der Waals surface area (Å²) in [5.41, 5.74) is -0.778. The molecule has 0 saturated heterocycles. The van der Waals surface area contributed by atoms with Gasteiger partial charge in [0.05, 0.1) is 16.3 Å². The third-order valence-corrected chi connectivity index (χ3v) is 3.38. The van der Waals surface area contributed by atoms with Crippen molar-refractivity contribution in [2.75, 3.05) is 5.32 Å². The van der Waals surface area contributed by atoms with Crippen LogP contribution in [0.4, 0.5) is 23.2 Å². The summed E-state index contributed by atoms with van der Waals surface area (Å²) in [5.74, 6) is -1.26. The van der Waals surface area contributed by atoms with Crippen molar-refractivity contribution in [3.8, 4) is 0 Å². The summed E-state index contributed by atoms with van der Waals surface area (Å²) in [6.07, 6.45) is -4.52. The highest BCUT2D eigenvalue weighted by atomic mass is 35.5. The lowest BCUT2D eigenvalue weighted by atomic mass is 10.2. The first-order valence-electron chi connectivity index (χ1n) is 6.41. The van der Waals surface area contributed by atoms with Crippen LogP contribution in [0.1, 0.15) is 15.9 Å². The Morgan fingerprint density at radius 2 is 1.83 bits per heavy atom. The van der Waals surface area contributed by atoms with Gasteiger partial charge in [0.25, 0.3) is 5.91 Å². The molecule has 2 aromatic rings. The first-order valence-corrected chi connectivity index (χ1v) is 7.20. The molecule has 0 bridgehead atoms. The molecule has 0 saturated carbocycles. The maximum Gasteiger partial charge on any atom is 0.416 e. The topological polar surface area (TPSA) is 41.1 Å². The molecule has 24 heavy (non-hydrogen) atoms. The van der Waals surface area contributed by atoms with Crippen molar-refractivity contribution in [2.45, 2.75) is 6.18 Å². The van der Waals surface area contributed by atoms with E-state index in [1.165, 1.54) is 18.2 Å². The quantitative estimate of drug-likeness (QED) is 0.593. The average molecular weight is 377 g/mol. The summed E-state index contributed by atoms with van der Waals surface area (Å²) in [4.78, 5) is 11.9. The third kappa shape index (κ3) is 4.65. The van der Waals surface area contributed by atoms with Gasteiger partial charge in [0.1, 0.15) is 5.82 Å². The average Bonchev–Trinajstić information content (AvgIpc) is 2.48. The molecule has 0 radical (unpaired) electrons. The zero-order valence-corrected chi connectivity index (χ0v) is 13.3. The Morgan fingerprint density at radius 1 is 1.12 bits per heavy atom. The van der Waals surface area contributed by atoms with E-state index in [1.807, 2.05) is 0 Å². The molecule has 3 nitrogen and oxygen atoms in total. The molecule has 2 rings (SSSR count). The molecule has 0 aliphatic rings. The number of hydrogen-bond donors (Lipinski definition) is 2. The molecule has 2 N–H and O–H groups in total. The number of nitrogens with one attached hydrogen (secondary N) is 2. The first-order chi connectivity index (χ1) is 11.2. The van der Waals surface area contributed by atoms with E-state index < -0.39 is 23.5 Å². The minimum absolute atomic E-state index is 0.0395. The summed E-state index contributed by atoms with van der Waals surface area (Å²) >= 11 is 10.7. The van der Waals surface area contributed by atoms with Crippen molar-refractivity contribution in [2.24, 2.45) is 0 Å². The molecule has 0 aliphatic heterocycles. The fraction of sp³-hybridized carbons (Fsp3) is 0.0667. The molecule has 0 atom stereocenters. The van der Waals surface area contributed by atoms with Crippen molar-refractivity contribution in [1.29, 1.82) is 0 Å². The Balaban J connectivity index is 2.06. The van der Waals surface area contributed by atoms with E-state index >= 15 is 0 Å². The Labute approximate surface area is 144 Å². The van der Waals surface area contributed by atoms with Gasteiger partial charge in [-0.15, -0.1) is 0 Å². The number of benzene rings is 2. The second-order valence-electron chi connectivity index (χ2n) is 4.61. The van der Waals surface area contributed by atoms with Gasteiger partial charge in [-0.05, 0) is 48.6 Å². The number of alkyl halides is 3. The van der Waals surface area contributed by atoms with Crippen molar-refractivity contribution >= 4 is 40.5 Å². The second-order valence-corrected chi connectivity index (χ2v) is 5.43. The van der Waals surface area contributed by atoms with Gasteiger partial charge in [-0.1, -0.05) is 17.7 Å². The zero-order chi connectivity index (χ0) is 17.9. The van der Waals surface area contributed by atoms with Crippen LogP contribution in [0, 0.1) is 5.82 Å². The molecule has 0 spiro atoms. The minimum atomic E-state index is -4.52. The van der Waals surface area contributed by atoms with E-state index in [9.17, 15) is 22.4 Å². The van der Waals surface area contributed by atoms with Crippen LogP contribution in [-0.4, -0.2) is 11.0 Å². The van der Waals surface area contributed by atoms with Gasteiger partial charge >= 0.3 is 6.18 Å². The number of carbonyl (C=O) groups is 1. The fourth-order valence-electron chi connectivity index (χ4n) is 1.75. The van der Waals surface area contributed by atoms with Crippen molar-refractivity contribution < 1.29 is 22.4 Å². The highest BCUT2D eigenvalue weighted by Crippen LogP contribution is 2.33. The molecule has 0 fully saturated rings. The van der Waals surface area contributed by atoms with Gasteiger partial charge in [-0.25, -0.2) is 4.39 Å². The Morgan fingerprint density at radius 3 is 2.42 bits per heavy atom. The second kappa shape index (κ2) is 7.14. The molecule has 0 heterocycles. The van der Waals surface area contributed by atoms with E-state index in [2.05, 4.69) is 10.6 Å². The van der Waals surface area contributed by atoms with Crippen LogP contribution in [0.3, 0.4) is 0 Å². The molecule has 9 heteroatoms. The first kappa shape index (κ1) is 18.2. The lowest BCUT2D eigenvalue weighted by Crippen LogP contribution is -2.34. The highest BCUT2D eigenvalue weighted by Gasteiger charge is 2.30. The summed E-state index contributed by atoms with van der Waals surface area (Å²) in [7, 11) is 0.